The summed E-state index contributed by atoms with van der Waals surface area (Å²) >= 11 is 1.61. The van der Waals surface area contributed by atoms with Crippen molar-refractivity contribution in [3.8, 4) is 11.3 Å². The third kappa shape index (κ3) is 3.78. The number of imidazole rings is 1. The van der Waals surface area contributed by atoms with Crippen LogP contribution in [0.25, 0.3) is 16.2 Å². The molecule has 2 aromatic carbocycles. The second-order valence-electron chi connectivity index (χ2n) is 6.74. The van der Waals surface area contributed by atoms with Crippen LogP contribution in [0, 0.1) is 13.8 Å². The van der Waals surface area contributed by atoms with E-state index in [2.05, 4.69) is 39.5 Å². The molecule has 0 saturated carbocycles. The summed E-state index contributed by atoms with van der Waals surface area (Å²) in [6.45, 7) is 4.04. The Balaban J connectivity index is 1.46. The first kappa shape index (κ1) is 17.5. The summed E-state index contributed by atoms with van der Waals surface area (Å²) in [6, 6.07) is 16.2. The quantitative estimate of drug-likeness (QED) is 0.518. The fourth-order valence-electron chi connectivity index (χ4n) is 3.08. The lowest BCUT2D eigenvalue weighted by molar-refractivity contribution is -0.116. The number of nitrogens with one attached hydrogen (secondary N) is 1. The lowest BCUT2D eigenvalue weighted by Gasteiger charge is -2.09. The number of rotatable bonds is 5. The van der Waals surface area contributed by atoms with E-state index in [0.717, 1.165) is 38.7 Å². The smallest absolute Gasteiger partial charge is 0.224 e. The van der Waals surface area contributed by atoms with Gasteiger partial charge in [0.1, 0.15) is 0 Å². The largest absolute Gasteiger partial charge is 0.326 e. The molecular formula is C22H21N3OS. The maximum atomic E-state index is 12.4. The molecule has 0 atom stereocenters. The normalized spacial score (nSPS) is 11.0. The molecule has 0 bridgehead atoms. The van der Waals surface area contributed by atoms with Gasteiger partial charge in [0.2, 0.25) is 5.91 Å². The van der Waals surface area contributed by atoms with Crippen LogP contribution in [0.15, 0.2) is 60.1 Å². The number of carbonyl (C=O) groups excluding carboxylic acids is 1. The average Bonchev–Trinajstić information content (AvgIpc) is 3.25. The summed E-state index contributed by atoms with van der Waals surface area (Å²) in [6.07, 6.45) is 3.18. The standard InChI is InChI=1S/C22H21N3OS/c1-15-8-9-16(2)19(12-15)23-21(26)11-10-18-14-27-22-24-20(13-25(18)22)17-6-4-3-5-7-17/h3-9,12-14H,10-11H2,1-2H3,(H,23,26). The SMILES string of the molecule is Cc1ccc(C)c(NC(=O)CCc2csc3nc(-c4ccccc4)cn23)c1. The van der Waals surface area contributed by atoms with Crippen molar-refractivity contribution in [1.82, 2.24) is 9.38 Å². The molecule has 2 aromatic heterocycles. The van der Waals surface area contributed by atoms with Gasteiger partial charge in [-0.05, 0) is 37.5 Å². The maximum absolute atomic E-state index is 12.4. The van der Waals surface area contributed by atoms with Crippen molar-refractivity contribution in [1.29, 1.82) is 0 Å². The maximum Gasteiger partial charge on any atom is 0.224 e. The predicted molar refractivity (Wildman–Crippen MR) is 111 cm³/mol. The van der Waals surface area contributed by atoms with Gasteiger partial charge in [0.05, 0.1) is 5.69 Å². The van der Waals surface area contributed by atoms with Gasteiger partial charge in [0, 0.05) is 34.9 Å². The van der Waals surface area contributed by atoms with E-state index < -0.39 is 0 Å². The van der Waals surface area contributed by atoms with Crippen molar-refractivity contribution in [2.24, 2.45) is 0 Å². The Kier molecular flexibility index (Phi) is 4.77. The zero-order valence-electron chi connectivity index (χ0n) is 15.4. The van der Waals surface area contributed by atoms with E-state index in [4.69, 9.17) is 4.98 Å². The van der Waals surface area contributed by atoms with Gasteiger partial charge in [-0.3, -0.25) is 9.20 Å². The van der Waals surface area contributed by atoms with Gasteiger partial charge in [0.25, 0.3) is 0 Å². The highest BCUT2D eigenvalue weighted by atomic mass is 32.1. The van der Waals surface area contributed by atoms with Crippen LogP contribution in [0.1, 0.15) is 23.2 Å². The molecule has 0 fully saturated rings. The average molecular weight is 375 g/mol. The summed E-state index contributed by atoms with van der Waals surface area (Å²) in [4.78, 5) is 18.1. The van der Waals surface area contributed by atoms with E-state index in [1.165, 1.54) is 0 Å². The Morgan fingerprint density at radius 2 is 1.96 bits per heavy atom. The number of aryl methyl sites for hydroxylation is 3. The number of thiazole rings is 1. The summed E-state index contributed by atoms with van der Waals surface area (Å²) < 4.78 is 2.10. The van der Waals surface area contributed by atoms with E-state index in [1.54, 1.807) is 11.3 Å². The predicted octanol–water partition coefficient (Wildman–Crippen LogP) is 5.25. The Hall–Kier alpha value is -2.92. The van der Waals surface area contributed by atoms with Crippen LogP contribution >= 0.6 is 11.3 Å². The van der Waals surface area contributed by atoms with Crippen LogP contribution in [-0.2, 0) is 11.2 Å². The van der Waals surface area contributed by atoms with Crippen molar-refractivity contribution in [2.45, 2.75) is 26.7 Å². The molecule has 2 heterocycles. The van der Waals surface area contributed by atoms with Crippen LogP contribution in [0.4, 0.5) is 5.69 Å². The zero-order chi connectivity index (χ0) is 18.8. The summed E-state index contributed by atoms with van der Waals surface area (Å²) in [5.74, 6) is 0.0337. The molecule has 4 rings (SSSR count). The number of hydrogen-bond donors (Lipinski definition) is 1. The molecule has 4 nitrogen and oxygen atoms in total. The number of benzene rings is 2. The molecule has 0 spiro atoms. The van der Waals surface area contributed by atoms with Crippen LogP contribution in [0.2, 0.25) is 0 Å². The minimum atomic E-state index is 0.0337. The minimum absolute atomic E-state index is 0.0337. The first-order valence-electron chi connectivity index (χ1n) is 8.98. The van der Waals surface area contributed by atoms with Gasteiger partial charge in [0.15, 0.2) is 4.96 Å². The minimum Gasteiger partial charge on any atom is -0.326 e. The van der Waals surface area contributed by atoms with Crippen LogP contribution < -0.4 is 5.32 Å². The first-order valence-corrected chi connectivity index (χ1v) is 9.86. The third-order valence-electron chi connectivity index (χ3n) is 4.63. The van der Waals surface area contributed by atoms with Crippen LogP contribution in [0.3, 0.4) is 0 Å². The molecule has 0 radical (unpaired) electrons. The van der Waals surface area contributed by atoms with E-state index in [1.807, 2.05) is 44.2 Å². The molecule has 5 heteroatoms. The van der Waals surface area contributed by atoms with E-state index in [9.17, 15) is 4.79 Å². The van der Waals surface area contributed by atoms with E-state index in [-0.39, 0.29) is 5.91 Å². The highest BCUT2D eigenvalue weighted by Gasteiger charge is 2.11. The Morgan fingerprint density at radius 3 is 2.78 bits per heavy atom. The molecule has 0 saturated heterocycles. The van der Waals surface area contributed by atoms with Crippen molar-refractivity contribution in [2.75, 3.05) is 5.32 Å². The monoisotopic (exact) mass is 375 g/mol. The van der Waals surface area contributed by atoms with Gasteiger partial charge in [-0.1, -0.05) is 42.5 Å². The third-order valence-corrected chi connectivity index (χ3v) is 5.52. The number of hydrogen-bond acceptors (Lipinski definition) is 3. The summed E-state index contributed by atoms with van der Waals surface area (Å²) in [5.41, 5.74) is 6.29. The number of aromatic nitrogens is 2. The molecule has 1 N–H and O–H groups in total. The number of fused-ring (bicyclic) bond motifs is 1. The fourth-order valence-corrected chi connectivity index (χ4v) is 3.99. The first-order chi connectivity index (χ1) is 13.1. The number of carbonyl (C=O) groups is 1. The van der Waals surface area contributed by atoms with Crippen molar-refractivity contribution in [3.63, 3.8) is 0 Å². The Morgan fingerprint density at radius 1 is 1.15 bits per heavy atom. The molecule has 136 valence electrons. The molecular weight excluding hydrogens is 354 g/mol. The number of anilines is 1. The highest BCUT2D eigenvalue weighted by molar-refractivity contribution is 7.15. The Bertz CT molecular complexity index is 1100. The van der Waals surface area contributed by atoms with Crippen LogP contribution in [-0.4, -0.2) is 15.3 Å². The lowest BCUT2D eigenvalue weighted by atomic mass is 10.1. The van der Waals surface area contributed by atoms with E-state index >= 15 is 0 Å². The summed E-state index contributed by atoms with van der Waals surface area (Å²) in [5, 5.41) is 5.12. The highest BCUT2D eigenvalue weighted by Crippen LogP contribution is 2.24. The van der Waals surface area contributed by atoms with Gasteiger partial charge >= 0.3 is 0 Å². The summed E-state index contributed by atoms with van der Waals surface area (Å²) in [7, 11) is 0. The van der Waals surface area contributed by atoms with Gasteiger partial charge in [-0.15, -0.1) is 11.3 Å². The second-order valence-corrected chi connectivity index (χ2v) is 7.57. The van der Waals surface area contributed by atoms with Crippen molar-refractivity contribution in [3.05, 3.63) is 76.9 Å². The van der Waals surface area contributed by atoms with Crippen molar-refractivity contribution < 1.29 is 4.79 Å². The molecule has 0 unspecified atom stereocenters. The number of nitrogens with zero attached hydrogens (tertiary/aromatic N) is 2. The molecule has 27 heavy (non-hydrogen) atoms. The molecule has 0 aliphatic rings. The lowest BCUT2D eigenvalue weighted by Crippen LogP contribution is -2.13. The van der Waals surface area contributed by atoms with Crippen molar-refractivity contribution >= 4 is 27.9 Å². The van der Waals surface area contributed by atoms with Crippen LogP contribution in [0.5, 0.6) is 0 Å². The molecule has 0 aliphatic carbocycles. The topological polar surface area (TPSA) is 46.4 Å². The molecule has 4 aromatic rings. The number of amides is 1. The van der Waals surface area contributed by atoms with E-state index in [0.29, 0.717) is 12.8 Å². The second kappa shape index (κ2) is 7.37. The molecule has 1 amide bonds. The van der Waals surface area contributed by atoms with Gasteiger partial charge in [-0.2, -0.15) is 0 Å². The Labute approximate surface area is 162 Å². The van der Waals surface area contributed by atoms with Gasteiger partial charge < -0.3 is 5.32 Å². The molecule has 0 aliphatic heterocycles. The zero-order valence-corrected chi connectivity index (χ0v) is 16.2. The fraction of sp³-hybridized carbons (Fsp3) is 0.182. The van der Waals surface area contributed by atoms with Gasteiger partial charge in [-0.25, -0.2) is 4.98 Å².